The maximum absolute atomic E-state index is 15.4. The van der Waals surface area contributed by atoms with Crippen LogP contribution in [0.1, 0.15) is 27.0 Å². The summed E-state index contributed by atoms with van der Waals surface area (Å²) in [6.45, 7) is 3.66. The van der Waals surface area contributed by atoms with Crippen molar-refractivity contribution in [3.63, 3.8) is 0 Å². The van der Waals surface area contributed by atoms with Gasteiger partial charge in [-0.2, -0.15) is 9.97 Å². The number of fused-ring (bicyclic) bond motifs is 1. The zero-order valence-electron chi connectivity index (χ0n) is 21.8. The Kier molecular flexibility index (Phi) is 8.37. The molecule has 1 unspecified atom stereocenters. The molecular weight excluding hydrogens is 536 g/mol. The number of halogens is 1. The van der Waals surface area contributed by atoms with Gasteiger partial charge in [-0.1, -0.05) is 18.2 Å². The van der Waals surface area contributed by atoms with E-state index in [0.717, 1.165) is 0 Å². The van der Waals surface area contributed by atoms with Crippen molar-refractivity contribution in [3.05, 3.63) is 36.7 Å². The van der Waals surface area contributed by atoms with E-state index >= 15 is 4.39 Å². The van der Waals surface area contributed by atoms with Gasteiger partial charge in [-0.05, 0) is 32.9 Å². The summed E-state index contributed by atoms with van der Waals surface area (Å²) in [6.07, 6.45) is -4.13. The maximum Gasteiger partial charge on any atom is 0.459 e. The number of aromatic nitrogens is 4. The van der Waals surface area contributed by atoms with Crippen molar-refractivity contribution in [1.29, 1.82) is 0 Å². The number of rotatable bonds is 11. The van der Waals surface area contributed by atoms with Crippen molar-refractivity contribution in [2.45, 2.75) is 51.0 Å². The highest BCUT2D eigenvalue weighted by Crippen LogP contribution is 2.48. The Morgan fingerprint density at radius 3 is 2.72 bits per heavy atom. The monoisotopic (exact) mass is 567 g/mol. The van der Waals surface area contributed by atoms with Gasteiger partial charge in [0.05, 0.1) is 19.0 Å². The van der Waals surface area contributed by atoms with Gasteiger partial charge in [0.1, 0.15) is 24.0 Å². The summed E-state index contributed by atoms with van der Waals surface area (Å²) in [4.78, 5) is 24.5. The van der Waals surface area contributed by atoms with Gasteiger partial charge in [0.15, 0.2) is 29.4 Å². The molecule has 1 aliphatic rings. The number of ether oxygens (including phenoxy) is 2. The number of aliphatic hydroxyl groups excluding tert-OH is 1. The number of imidazole rings is 1. The molecule has 0 spiro atoms. The van der Waals surface area contributed by atoms with Crippen molar-refractivity contribution < 1.29 is 37.4 Å². The van der Waals surface area contributed by atoms with Crippen LogP contribution in [0, 0.1) is 0 Å². The first-order valence-electron chi connectivity index (χ1n) is 12.1. The lowest BCUT2D eigenvalue weighted by Gasteiger charge is -2.29. The molecule has 212 valence electrons. The maximum atomic E-state index is 15.4. The van der Waals surface area contributed by atoms with Crippen molar-refractivity contribution in [2.75, 3.05) is 31.2 Å². The Hall–Kier alpha value is -3.36. The van der Waals surface area contributed by atoms with Gasteiger partial charge < -0.3 is 30.2 Å². The first-order valence-corrected chi connectivity index (χ1v) is 13.6. The Morgan fingerprint density at radius 2 is 2.05 bits per heavy atom. The number of nitrogens with two attached hydrogens (primary N) is 1. The number of para-hydroxylation sites is 1. The molecule has 1 fully saturated rings. The molecule has 3 aromatic rings. The zero-order chi connectivity index (χ0) is 28.4. The van der Waals surface area contributed by atoms with E-state index in [-0.39, 0.29) is 17.3 Å². The summed E-state index contributed by atoms with van der Waals surface area (Å²) in [5, 5.41) is 16.1. The van der Waals surface area contributed by atoms with Crippen LogP contribution in [-0.4, -0.2) is 74.8 Å². The average Bonchev–Trinajstić information content (AvgIpc) is 3.41. The molecule has 5 N–H and O–H groups in total. The summed E-state index contributed by atoms with van der Waals surface area (Å²) < 4.78 is 52.5. The predicted molar refractivity (Wildman–Crippen MR) is 139 cm³/mol. The third-order valence-electron chi connectivity index (χ3n) is 5.81. The van der Waals surface area contributed by atoms with Crippen LogP contribution in [0.15, 0.2) is 36.7 Å². The molecule has 0 saturated carbocycles. The van der Waals surface area contributed by atoms with E-state index in [9.17, 15) is 14.5 Å². The van der Waals surface area contributed by atoms with Crippen LogP contribution >= 0.6 is 7.75 Å². The first-order chi connectivity index (χ1) is 18.4. The standard InChI is InChI=1S/C23H31FN7O7P/c1-13(2)36-15(32)10-28-39(34,38-14-8-6-5-7-9-14)35-11-23(3)18(33)16(24)21(37-23)31-12-27-17-19(26-4)29-22(25)30-20(17)31/h5-9,12-13,16,18,21,33H,10-11H2,1-4H3,(H,28,34)(H3,25,26,29,30)/t16-,18+,21-,23-,39?/m1/s1. The third-order valence-corrected chi connectivity index (χ3v) is 7.28. The van der Waals surface area contributed by atoms with Crippen molar-refractivity contribution in [2.24, 2.45) is 0 Å². The number of nitrogens with one attached hydrogen (secondary N) is 2. The molecule has 1 aliphatic heterocycles. The summed E-state index contributed by atoms with van der Waals surface area (Å²) in [6, 6.07) is 8.12. The zero-order valence-corrected chi connectivity index (χ0v) is 22.7. The smallest absolute Gasteiger partial charge is 0.459 e. The molecule has 2 aromatic heterocycles. The Labute approximate surface area is 223 Å². The molecule has 4 rings (SSSR count). The van der Waals surface area contributed by atoms with Gasteiger partial charge in [-0.3, -0.25) is 13.9 Å². The molecule has 0 radical (unpaired) electrons. The van der Waals surface area contributed by atoms with Crippen molar-refractivity contribution in [3.8, 4) is 5.75 Å². The highest BCUT2D eigenvalue weighted by atomic mass is 31.2. The summed E-state index contributed by atoms with van der Waals surface area (Å²) >= 11 is 0. The summed E-state index contributed by atoms with van der Waals surface area (Å²) in [5.74, 6) is -0.244. The van der Waals surface area contributed by atoms with Gasteiger partial charge in [0, 0.05) is 7.05 Å². The van der Waals surface area contributed by atoms with E-state index in [4.69, 9.17) is 24.3 Å². The molecule has 14 nitrogen and oxygen atoms in total. The second-order valence-corrected chi connectivity index (χ2v) is 11.0. The summed E-state index contributed by atoms with van der Waals surface area (Å²) in [7, 11) is -2.63. The van der Waals surface area contributed by atoms with E-state index < -0.39 is 57.1 Å². The first kappa shape index (κ1) is 28.6. The lowest BCUT2D eigenvalue weighted by molar-refractivity contribution is -0.146. The number of carbonyl (C=O) groups excluding carboxylic acids is 1. The van der Waals surface area contributed by atoms with Crippen LogP contribution in [0.25, 0.3) is 11.2 Å². The molecule has 5 atom stereocenters. The van der Waals surface area contributed by atoms with E-state index in [1.54, 1.807) is 39.1 Å². The second-order valence-electron chi connectivity index (χ2n) is 9.26. The molecule has 39 heavy (non-hydrogen) atoms. The molecular formula is C23H31FN7O7P. The second kappa shape index (κ2) is 11.4. The van der Waals surface area contributed by atoms with Crippen LogP contribution in [-0.2, 0) is 23.4 Å². The fraction of sp³-hybridized carbons (Fsp3) is 0.478. The largest absolute Gasteiger partial charge is 0.462 e. The van der Waals surface area contributed by atoms with Crippen LogP contribution in [0.2, 0.25) is 0 Å². The van der Waals surface area contributed by atoms with Crippen LogP contribution in [0.4, 0.5) is 16.2 Å². The number of esters is 1. The molecule has 0 aliphatic carbocycles. The number of carbonyl (C=O) groups is 1. The fourth-order valence-corrected chi connectivity index (χ4v) is 5.29. The average molecular weight is 568 g/mol. The number of hydrogen-bond acceptors (Lipinski definition) is 12. The normalized spacial score (nSPS) is 24.5. The lowest BCUT2D eigenvalue weighted by atomic mass is 9.99. The van der Waals surface area contributed by atoms with Gasteiger partial charge in [0.25, 0.3) is 0 Å². The van der Waals surface area contributed by atoms with Crippen molar-refractivity contribution in [1.82, 2.24) is 24.6 Å². The number of nitrogen functional groups attached to an aromatic ring is 1. The quantitative estimate of drug-likeness (QED) is 0.195. The van der Waals surface area contributed by atoms with Gasteiger partial charge in [-0.15, -0.1) is 0 Å². The Balaban J connectivity index is 1.55. The molecule has 1 saturated heterocycles. The third kappa shape index (κ3) is 6.28. The van der Waals surface area contributed by atoms with Gasteiger partial charge in [-0.25, -0.2) is 19.0 Å². The highest BCUT2D eigenvalue weighted by molar-refractivity contribution is 7.52. The Morgan fingerprint density at radius 1 is 1.33 bits per heavy atom. The minimum atomic E-state index is -4.24. The van der Waals surface area contributed by atoms with Crippen LogP contribution in [0.5, 0.6) is 5.75 Å². The molecule has 0 amide bonds. The van der Waals surface area contributed by atoms with E-state index in [1.165, 1.54) is 30.0 Å². The molecule has 3 heterocycles. The Bertz CT molecular complexity index is 1360. The van der Waals surface area contributed by atoms with Gasteiger partial charge >= 0.3 is 13.7 Å². The predicted octanol–water partition coefficient (Wildman–Crippen LogP) is 2.18. The fourth-order valence-electron chi connectivity index (χ4n) is 3.93. The number of alkyl halides is 1. The minimum absolute atomic E-state index is 0.0743. The topological polar surface area (TPSA) is 185 Å². The molecule has 1 aromatic carbocycles. The lowest BCUT2D eigenvalue weighted by Crippen LogP contribution is -2.43. The van der Waals surface area contributed by atoms with Crippen molar-refractivity contribution >= 4 is 36.6 Å². The summed E-state index contributed by atoms with van der Waals surface area (Å²) in [5.41, 5.74) is 4.59. The number of anilines is 2. The van der Waals surface area contributed by atoms with Crippen LogP contribution in [0.3, 0.4) is 0 Å². The highest BCUT2D eigenvalue weighted by Gasteiger charge is 2.54. The number of aliphatic hydroxyl groups is 1. The minimum Gasteiger partial charge on any atom is -0.462 e. The number of hydrogen-bond donors (Lipinski definition) is 4. The number of nitrogens with zero attached hydrogens (tertiary/aromatic N) is 4. The molecule has 16 heteroatoms. The van der Waals surface area contributed by atoms with Crippen LogP contribution < -0.4 is 20.7 Å². The molecule has 0 bridgehead atoms. The number of benzene rings is 1. The van der Waals surface area contributed by atoms with E-state index in [2.05, 4.69) is 25.4 Å². The van der Waals surface area contributed by atoms with E-state index in [1.807, 2.05) is 0 Å². The van der Waals surface area contributed by atoms with Gasteiger partial charge in [0.2, 0.25) is 5.95 Å². The van der Waals surface area contributed by atoms with E-state index in [0.29, 0.717) is 11.3 Å². The SMILES string of the molecule is CNc1nc(N)nc2c1ncn2[C@@H]1O[C@](C)(COP(=O)(NCC(=O)OC(C)C)Oc2ccccc2)[C@@H](O)[C@H]1F.